The Morgan fingerprint density at radius 1 is 1.21 bits per heavy atom. The number of pyridine rings is 1. The van der Waals surface area contributed by atoms with Crippen LogP contribution in [0.5, 0.6) is 5.75 Å². The molecule has 152 valence electrons. The fourth-order valence-corrected chi connectivity index (χ4v) is 4.38. The lowest BCUT2D eigenvalue weighted by Gasteiger charge is -2.31. The predicted octanol–water partition coefficient (Wildman–Crippen LogP) is 3.96. The van der Waals surface area contributed by atoms with Crippen molar-refractivity contribution < 1.29 is 9.53 Å². The van der Waals surface area contributed by atoms with Gasteiger partial charge in [-0.1, -0.05) is 31.0 Å². The first-order valence-electron chi connectivity index (χ1n) is 10.2. The van der Waals surface area contributed by atoms with Gasteiger partial charge in [0, 0.05) is 29.9 Å². The Morgan fingerprint density at radius 3 is 2.79 bits per heavy atom. The van der Waals surface area contributed by atoms with Gasteiger partial charge in [-0.2, -0.15) is 0 Å². The van der Waals surface area contributed by atoms with Gasteiger partial charge >= 0.3 is 6.03 Å². The molecule has 29 heavy (non-hydrogen) atoms. The molecule has 4 rings (SSSR count). The average molecular weight is 393 g/mol. The van der Waals surface area contributed by atoms with Gasteiger partial charge in [-0.05, 0) is 43.5 Å². The fourth-order valence-electron chi connectivity index (χ4n) is 4.38. The molecule has 2 amide bonds. The Hall–Kier alpha value is -3.02. The number of urea groups is 1. The normalized spacial score (nSPS) is 15.4. The number of imidazole rings is 1. The smallest absolute Gasteiger partial charge is 0.315 e. The van der Waals surface area contributed by atoms with Crippen LogP contribution in [-0.4, -0.2) is 29.1 Å². The number of hydrogen-bond donors (Lipinski definition) is 2. The molecule has 0 atom stereocenters. The van der Waals surface area contributed by atoms with Crippen molar-refractivity contribution in [2.24, 2.45) is 0 Å². The van der Waals surface area contributed by atoms with Crippen LogP contribution < -0.4 is 15.4 Å². The maximum absolute atomic E-state index is 12.5. The summed E-state index contributed by atoms with van der Waals surface area (Å²) in [6.07, 6.45) is 8.38. The lowest BCUT2D eigenvalue weighted by Crippen LogP contribution is -2.43. The summed E-state index contributed by atoms with van der Waals surface area (Å²) in [6, 6.07) is 12.1. The van der Waals surface area contributed by atoms with Crippen molar-refractivity contribution in [2.75, 3.05) is 13.7 Å². The largest absolute Gasteiger partial charge is 0.496 e. The lowest BCUT2D eigenvalue weighted by atomic mass is 9.78. The first-order chi connectivity index (χ1) is 14.1. The van der Waals surface area contributed by atoms with Gasteiger partial charge in [0.1, 0.15) is 11.4 Å². The van der Waals surface area contributed by atoms with Crippen molar-refractivity contribution in [1.29, 1.82) is 0 Å². The molecule has 0 spiro atoms. The van der Waals surface area contributed by atoms with Gasteiger partial charge in [-0.15, -0.1) is 0 Å². The van der Waals surface area contributed by atoms with E-state index in [9.17, 15) is 4.79 Å². The van der Waals surface area contributed by atoms with Crippen molar-refractivity contribution >= 4 is 11.7 Å². The third kappa shape index (κ3) is 4.06. The summed E-state index contributed by atoms with van der Waals surface area (Å²) in [4.78, 5) is 17.1. The predicted molar refractivity (Wildman–Crippen MR) is 113 cm³/mol. The first kappa shape index (κ1) is 19.3. The number of fused-ring (bicyclic) bond motifs is 1. The Labute approximate surface area is 171 Å². The van der Waals surface area contributed by atoms with Crippen molar-refractivity contribution in [3.63, 3.8) is 0 Å². The number of hydrogen-bond acceptors (Lipinski definition) is 3. The van der Waals surface area contributed by atoms with Gasteiger partial charge in [0.25, 0.3) is 0 Å². The highest BCUT2D eigenvalue weighted by Gasteiger charge is 2.38. The highest BCUT2D eigenvalue weighted by molar-refractivity contribution is 5.74. The molecule has 2 aromatic heterocycles. The molecule has 2 N–H and O–H groups in total. The summed E-state index contributed by atoms with van der Waals surface area (Å²) in [5.74, 6) is 0.900. The number of aryl methyl sites for hydroxylation is 1. The van der Waals surface area contributed by atoms with E-state index in [0.717, 1.165) is 29.9 Å². The summed E-state index contributed by atoms with van der Waals surface area (Å²) >= 11 is 0. The highest BCUT2D eigenvalue weighted by atomic mass is 16.5. The molecule has 6 nitrogen and oxygen atoms in total. The van der Waals surface area contributed by atoms with Crippen molar-refractivity contribution in [1.82, 2.24) is 20.0 Å². The number of benzene rings is 1. The van der Waals surface area contributed by atoms with Crippen LogP contribution in [0.4, 0.5) is 4.79 Å². The summed E-state index contributed by atoms with van der Waals surface area (Å²) in [5.41, 5.74) is 4.02. The minimum atomic E-state index is -0.167. The topological polar surface area (TPSA) is 67.7 Å². The second-order valence-corrected chi connectivity index (χ2v) is 7.93. The quantitative estimate of drug-likeness (QED) is 0.667. The summed E-state index contributed by atoms with van der Waals surface area (Å²) in [7, 11) is 1.71. The van der Waals surface area contributed by atoms with Crippen LogP contribution in [-0.2, 0) is 12.0 Å². The summed E-state index contributed by atoms with van der Waals surface area (Å²) in [6.45, 7) is 3.04. The SMILES string of the molecule is COc1ccccc1C1(CNC(=O)NCc2cn3ccc(C)cc3n2)CCCC1. The van der Waals surface area contributed by atoms with E-state index in [1.165, 1.54) is 24.0 Å². The third-order valence-electron chi connectivity index (χ3n) is 5.92. The van der Waals surface area contributed by atoms with E-state index in [4.69, 9.17) is 4.74 Å². The van der Waals surface area contributed by atoms with Crippen LogP contribution >= 0.6 is 0 Å². The number of carbonyl (C=O) groups excluding carboxylic acids is 1. The molecule has 1 fully saturated rings. The Balaban J connectivity index is 1.39. The second kappa shape index (κ2) is 8.15. The monoisotopic (exact) mass is 392 g/mol. The van der Waals surface area contributed by atoms with E-state index in [2.05, 4.69) is 21.7 Å². The van der Waals surface area contributed by atoms with Gasteiger partial charge in [0.2, 0.25) is 0 Å². The highest BCUT2D eigenvalue weighted by Crippen LogP contribution is 2.44. The molecule has 0 radical (unpaired) electrons. The number of nitrogens with zero attached hydrogens (tertiary/aromatic N) is 2. The van der Waals surface area contributed by atoms with Crippen molar-refractivity contribution in [3.8, 4) is 5.75 Å². The number of amides is 2. The molecule has 0 unspecified atom stereocenters. The molecule has 1 aliphatic rings. The van der Waals surface area contributed by atoms with Crippen LogP contribution in [0.15, 0.2) is 48.8 Å². The first-order valence-corrected chi connectivity index (χ1v) is 10.2. The van der Waals surface area contributed by atoms with Crippen LogP contribution in [0.25, 0.3) is 5.65 Å². The number of para-hydroxylation sites is 1. The number of methoxy groups -OCH3 is 1. The third-order valence-corrected chi connectivity index (χ3v) is 5.92. The number of ether oxygens (including phenoxy) is 1. The zero-order chi connectivity index (χ0) is 20.3. The van der Waals surface area contributed by atoms with E-state index >= 15 is 0 Å². The Kier molecular flexibility index (Phi) is 5.43. The standard InChI is InChI=1S/C23H28N4O2/c1-17-9-12-27-15-18(26-21(27)13-17)14-24-22(28)25-16-23(10-5-6-11-23)19-7-3-4-8-20(19)29-2/h3-4,7-9,12-13,15H,5-6,10-11,14,16H2,1-2H3,(H2,24,25,28). The minimum Gasteiger partial charge on any atom is -0.496 e. The van der Waals surface area contributed by atoms with Crippen LogP contribution in [0.1, 0.15) is 42.5 Å². The number of aromatic nitrogens is 2. The van der Waals surface area contributed by atoms with Gasteiger partial charge in [-0.3, -0.25) is 0 Å². The van der Waals surface area contributed by atoms with E-state index in [1.54, 1.807) is 7.11 Å². The molecule has 1 aliphatic carbocycles. The second-order valence-electron chi connectivity index (χ2n) is 7.93. The number of nitrogens with one attached hydrogen (secondary N) is 2. The van der Waals surface area contributed by atoms with Gasteiger partial charge in [0.05, 0.1) is 19.3 Å². The summed E-state index contributed by atoms with van der Waals surface area (Å²) in [5, 5.41) is 6.03. The average Bonchev–Trinajstić information content (AvgIpc) is 3.38. The van der Waals surface area contributed by atoms with Crippen LogP contribution in [0.2, 0.25) is 0 Å². The Morgan fingerprint density at radius 2 is 2.00 bits per heavy atom. The molecule has 0 bridgehead atoms. The molecule has 3 aromatic rings. The fraction of sp³-hybridized carbons (Fsp3) is 0.391. The van der Waals surface area contributed by atoms with Crippen molar-refractivity contribution in [2.45, 2.75) is 44.6 Å². The zero-order valence-corrected chi connectivity index (χ0v) is 17.1. The maximum Gasteiger partial charge on any atom is 0.315 e. The number of carbonyl (C=O) groups is 1. The van der Waals surface area contributed by atoms with Crippen LogP contribution in [0.3, 0.4) is 0 Å². The number of rotatable bonds is 6. The molecule has 6 heteroatoms. The molecular weight excluding hydrogens is 364 g/mol. The molecule has 2 heterocycles. The van der Waals surface area contributed by atoms with E-state index in [-0.39, 0.29) is 11.4 Å². The van der Waals surface area contributed by atoms with Gasteiger partial charge in [0.15, 0.2) is 0 Å². The van der Waals surface area contributed by atoms with Gasteiger partial charge < -0.3 is 19.8 Å². The van der Waals surface area contributed by atoms with Crippen molar-refractivity contribution in [3.05, 3.63) is 65.6 Å². The molecule has 0 aliphatic heterocycles. The van der Waals surface area contributed by atoms with Gasteiger partial charge in [-0.25, -0.2) is 9.78 Å². The minimum absolute atomic E-state index is 0.0649. The molecule has 1 aromatic carbocycles. The Bertz CT molecular complexity index is 1010. The van der Waals surface area contributed by atoms with E-state index in [1.807, 2.05) is 54.0 Å². The van der Waals surface area contributed by atoms with Crippen LogP contribution in [0, 0.1) is 6.92 Å². The lowest BCUT2D eigenvalue weighted by molar-refractivity contribution is 0.236. The maximum atomic E-state index is 12.5. The zero-order valence-electron chi connectivity index (χ0n) is 17.1. The van der Waals surface area contributed by atoms with E-state index < -0.39 is 0 Å². The molecule has 0 saturated heterocycles. The summed E-state index contributed by atoms with van der Waals surface area (Å²) < 4.78 is 7.56. The van der Waals surface area contributed by atoms with E-state index in [0.29, 0.717) is 13.1 Å². The molecule has 1 saturated carbocycles. The molecular formula is C23H28N4O2.